The van der Waals surface area contributed by atoms with Crippen LogP contribution in [-0.4, -0.2) is 25.0 Å². The highest BCUT2D eigenvalue weighted by atomic mass is 15.2. The van der Waals surface area contributed by atoms with Gasteiger partial charge in [-0.3, -0.25) is 0 Å². The molecule has 0 fully saturated rings. The van der Waals surface area contributed by atoms with E-state index >= 15 is 0 Å². The molecule has 2 aliphatic rings. The number of hydrogen-bond acceptors (Lipinski definition) is 2. The van der Waals surface area contributed by atoms with Crippen LogP contribution in [0, 0.1) is 0 Å². The van der Waals surface area contributed by atoms with E-state index in [1.165, 1.54) is 0 Å². The van der Waals surface area contributed by atoms with Crippen molar-refractivity contribution in [1.82, 2.24) is 18.3 Å². The fourth-order valence-electron chi connectivity index (χ4n) is 17.7. The number of fused-ring (bicyclic) bond motifs is 16. The Hall–Kier alpha value is -11.3. The van der Waals surface area contributed by atoms with Crippen molar-refractivity contribution in [1.29, 1.82) is 0 Å². The van der Waals surface area contributed by atoms with Gasteiger partial charge in [0.1, 0.15) is 0 Å². The molecule has 7 heteroatoms. The van der Waals surface area contributed by atoms with E-state index in [9.17, 15) is 21.9 Å². The van der Waals surface area contributed by atoms with Gasteiger partial charge >= 0.3 is 0 Å². The smallest absolute Gasteiger partial charge is 0.252 e. The molecule has 13 aromatic carbocycles. The number of hydrogen-bond donors (Lipinski definition) is 0. The lowest BCUT2D eigenvalue weighted by Crippen LogP contribution is -2.61. The second-order valence-electron chi connectivity index (χ2n) is 38.9. The molecule has 0 saturated heterocycles. The summed E-state index contributed by atoms with van der Waals surface area (Å²) >= 11 is 0. The van der Waals surface area contributed by atoms with E-state index in [-0.39, 0.29) is 76.1 Å². The molecular weight excluding hydrogens is 1370 g/mol. The lowest BCUT2D eigenvalue weighted by Gasteiger charge is -2.45. The maximum atomic E-state index is 9.98. The van der Waals surface area contributed by atoms with Gasteiger partial charge in [0.2, 0.25) is 0 Å². The summed E-state index contributed by atoms with van der Waals surface area (Å²) in [6.45, 7) is 46.2. The maximum Gasteiger partial charge on any atom is 0.252 e. The topological polar surface area (TPSA) is 26.2 Å². The van der Waals surface area contributed by atoms with E-state index in [1.54, 1.807) is 9.13 Å². The van der Waals surface area contributed by atoms with Gasteiger partial charge in [-0.2, -0.15) is 0 Å². The molecule has 0 spiro atoms. The Labute approximate surface area is 690 Å². The average molecular weight is 1490 g/mol. The molecule has 0 N–H and O–H groups in total. The fraction of sp³-hybridized carbons (Fsp3) is 0.264. The Kier molecular flexibility index (Phi) is 12.2. The molecule has 0 aliphatic carbocycles. The van der Waals surface area contributed by atoms with Crippen molar-refractivity contribution < 1.29 is 21.9 Å². The van der Waals surface area contributed by atoms with Crippen LogP contribution in [-0.2, 0) is 37.9 Å². The standard InChI is InChI=1S/C106H105BN6/c1-100(2,3)64-44-50-89-81(58-64)79-36-30-42-91(98(79)110(89)73-54-66(102(7,8)9)52-67(55-73)103(10,11)12)112-93-62-71(108-85-38-26-22-32-75(85)76-33-23-27-39-86(76)108)46-48-83(93)107-84-49-47-72(109-87-40-28-24-34-77(87)78-35-25-29-41-88(78)109)63-94(84)113(96-61-70(106(19,20)21)60-95(112)97(96)107)92-43-31-37-80-82-59-65(101(4,5)6)45-51-90(82)111(99(80)92)74-56-68(104(13,14)15)53-69(57-74)105(16,17)18/h22-63H,1-21H3/i22D,23D,24D,25D,26D,27D,28D,29D,32D,33D,34D,35D,38D,39D,40D,41D. The molecule has 0 atom stereocenters. The van der Waals surface area contributed by atoms with Crippen molar-refractivity contribution in [2.75, 3.05) is 9.80 Å². The van der Waals surface area contributed by atoms with Crippen molar-refractivity contribution in [3.63, 3.8) is 0 Å². The summed E-state index contributed by atoms with van der Waals surface area (Å²) < 4.78 is 161. The van der Waals surface area contributed by atoms with Crippen molar-refractivity contribution in [3.8, 4) is 22.7 Å². The van der Waals surface area contributed by atoms with Crippen molar-refractivity contribution in [2.45, 2.75) is 183 Å². The Morgan fingerprint density at radius 3 is 0.858 bits per heavy atom. The fourth-order valence-corrected chi connectivity index (χ4v) is 17.7. The normalized spacial score (nSPS) is 15.8. The molecule has 562 valence electrons. The molecule has 6 heterocycles. The Bertz CT molecular complexity index is 7220. The van der Waals surface area contributed by atoms with Gasteiger partial charge < -0.3 is 28.1 Å². The van der Waals surface area contributed by atoms with Crippen molar-refractivity contribution in [3.05, 3.63) is 293 Å². The third-order valence-corrected chi connectivity index (χ3v) is 24.0. The number of anilines is 6. The number of aromatic nitrogens is 4. The number of rotatable bonds is 6. The zero-order valence-corrected chi connectivity index (χ0v) is 68.8. The first-order chi connectivity index (χ1) is 60.1. The molecule has 4 aromatic heterocycles. The summed E-state index contributed by atoms with van der Waals surface area (Å²) in [5.41, 5.74) is 18.0. The molecule has 0 unspecified atom stereocenters. The maximum absolute atomic E-state index is 9.98. The van der Waals surface area contributed by atoms with Gasteiger partial charge in [0.05, 0.1) is 77.4 Å². The largest absolute Gasteiger partial charge is 0.309 e. The van der Waals surface area contributed by atoms with Gasteiger partial charge in [-0.15, -0.1) is 0 Å². The molecule has 6 nitrogen and oxygen atoms in total. The zero-order chi connectivity index (χ0) is 92.9. The monoisotopic (exact) mass is 1490 g/mol. The number of benzene rings is 13. The first-order valence-corrected chi connectivity index (χ1v) is 39.7. The third kappa shape index (κ3) is 11.3. The highest BCUT2D eigenvalue weighted by Gasteiger charge is 2.46. The summed E-state index contributed by atoms with van der Waals surface area (Å²) in [7, 11) is 0. The predicted molar refractivity (Wildman–Crippen MR) is 489 cm³/mol. The van der Waals surface area contributed by atoms with Crippen molar-refractivity contribution in [2.24, 2.45) is 0 Å². The molecule has 0 amide bonds. The molecule has 17 aromatic rings. The highest BCUT2D eigenvalue weighted by Crippen LogP contribution is 2.54. The van der Waals surface area contributed by atoms with Gasteiger partial charge in [-0.05, 0) is 214 Å². The molecule has 113 heavy (non-hydrogen) atoms. The first kappa shape index (κ1) is 56.0. The van der Waals surface area contributed by atoms with E-state index in [0.29, 0.717) is 22.7 Å². The highest BCUT2D eigenvalue weighted by molar-refractivity contribution is 7.00. The average Bonchev–Trinajstić information content (AvgIpc) is 1.67. The van der Waals surface area contributed by atoms with E-state index in [2.05, 4.69) is 286 Å². The SMILES string of the molecule is [2H]c1c([2H])c([2H])c2c(c1[2H])c1c([2H])c([2H])c([2H])c([2H])c1n2-c1ccc2c(c1)N(c1cccc3c4cc(C(C)(C)C)ccc4n(-c4cc(C(C)(C)C)cc(C(C)(C)C)c4)c13)c1cc(C(C)(C)C)cc3c1B2c1ccc(-n2c4c([2H])c([2H])c([2H])c([2H])c4c4c([2H])c([2H])c([2H])c([2H])c42)cc1N3c1cccc2c3cc(C(C)(C)C)ccc3n(-c3cc(C(C)(C)C)cc(C(C)(C)C)c3)c12. The van der Waals surface area contributed by atoms with Gasteiger partial charge in [0.25, 0.3) is 6.71 Å². The Balaban J connectivity index is 1.04. The lowest BCUT2D eigenvalue weighted by molar-refractivity contribution is 0.567. The van der Waals surface area contributed by atoms with Crippen LogP contribution in [0.5, 0.6) is 0 Å². The third-order valence-electron chi connectivity index (χ3n) is 24.0. The number of nitrogens with zero attached hydrogens (tertiary/aromatic N) is 6. The molecule has 0 saturated carbocycles. The number of para-hydroxylation sites is 6. The summed E-state index contributed by atoms with van der Waals surface area (Å²) in [6.07, 6.45) is 0. The van der Waals surface area contributed by atoms with Crippen LogP contribution < -0.4 is 26.2 Å². The van der Waals surface area contributed by atoms with Crippen LogP contribution in [0.4, 0.5) is 34.1 Å². The van der Waals surface area contributed by atoms with Crippen LogP contribution in [0.1, 0.15) is 206 Å². The van der Waals surface area contributed by atoms with E-state index in [4.69, 9.17) is 0 Å². The minimum Gasteiger partial charge on any atom is -0.309 e. The molecule has 2 aliphatic heterocycles. The van der Waals surface area contributed by atoms with E-state index in [1.807, 2.05) is 36.4 Å². The van der Waals surface area contributed by atoms with Gasteiger partial charge in [-0.1, -0.05) is 279 Å². The Morgan fingerprint density at radius 2 is 0.540 bits per heavy atom. The molecular formula is C106H105BN6. The quantitative estimate of drug-likeness (QED) is 0.155. The summed E-state index contributed by atoms with van der Waals surface area (Å²) in [6, 6.07) is 49.1. The van der Waals surface area contributed by atoms with Crippen LogP contribution in [0.2, 0.25) is 0 Å². The first-order valence-electron chi connectivity index (χ1n) is 47.7. The van der Waals surface area contributed by atoms with Crippen LogP contribution in [0.25, 0.3) is 110 Å². The summed E-state index contributed by atoms with van der Waals surface area (Å²) in [5, 5.41) is 3.70. The zero-order valence-electron chi connectivity index (χ0n) is 84.8. The molecule has 0 radical (unpaired) electrons. The van der Waals surface area contributed by atoms with Gasteiger partial charge in [0, 0.05) is 88.6 Å². The predicted octanol–water partition coefficient (Wildman–Crippen LogP) is 27.2. The van der Waals surface area contributed by atoms with Crippen molar-refractivity contribution >= 4 is 144 Å². The molecule has 0 bridgehead atoms. The van der Waals surface area contributed by atoms with E-state index < -0.39 is 109 Å². The summed E-state index contributed by atoms with van der Waals surface area (Å²) in [4.78, 5) is 4.71. The van der Waals surface area contributed by atoms with Crippen LogP contribution >= 0.6 is 0 Å². The van der Waals surface area contributed by atoms with Gasteiger partial charge in [0.15, 0.2) is 0 Å². The van der Waals surface area contributed by atoms with Gasteiger partial charge in [-0.25, -0.2) is 0 Å². The molecule has 19 rings (SSSR count). The minimum absolute atomic E-state index is 0.0415. The second-order valence-corrected chi connectivity index (χ2v) is 38.9. The van der Waals surface area contributed by atoms with E-state index in [0.717, 1.165) is 133 Å². The lowest BCUT2D eigenvalue weighted by atomic mass is 9.33. The van der Waals surface area contributed by atoms with Crippen LogP contribution in [0.15, 0.2) is 254 Å². The van der Waals surface area contributed by atoms with Crippen LogP contribution in [0.3, 0.4) is 0 Å². The second kappa shape index (κ2) is 24.6. The Morgan fingerprint density at radius 1 is 0.230 bits per heavy atom. The summed E-state index contributed by atoms with van der Waals surface area (Å²) in [5.74, 6) is 0. The minimum atomic E-state index is -0.764.